The second kappa shape index (κ2) is 9.41. The van der Waals surface area contributed by atoms with E-state index in [9.17, 15) is 14.9 Å². The first kappa shape index (κ1) is 24.6. The number of aryl methyl sites for hydroxylation is 1. The molecule has 1 unspecified atom stereocenters. The number of ether oxygens (including phenoxy) is 1. The van der Waals surface area contributed by atoms with Gasteiger partial charge in [-0.05, 0) is 60.6 Å². The second-order valence-electron chi connectivity index (χ2n) is 10.5. The normalized spacial score (nSPS) is 16.4. The molecule has 0 spiro atoms. The lowest BCUT2D eigenvalue weighted by atomic mass is 9.87. The van der Waals surface area contributed by atoms with Crippen molar-refractivity contribution >= 4 is 22.6 Å². The third kappa shape index (κ3) is 4.58. The van der Waals surface area contributed by atoms with Gasteiger partial charge in [0.2, 0.25) is 0 Å². The number of carbonyl (C=O) groups is 1. The first-order chi connectivity index (χ1) is 17.7. The monoisotopic (exact) mass is 495 g/mol. The van der Waals surface area contributed by atoms with Gasteiger partial charge < -0.3 is 9.30 Å². The van der Waals surface area contributed by atoms with Gasteiger partial charge in [-0.2, -0.15) is 10.3 Å². The molecule has 8 heteroatoms. The highest BCUT2D eigenvalue weighted by molar-refractivity contribution is 5.95. The minimum atomic E-state index is -0.467. The van der Waals surface area contributed by atoms with Gasteiger partial charge in [-0.25, -0.2) is 4.98 Å². The molecule has 1 atom stereocenters. The lowest BCUT2D eigenvalue weighted by Gasteiger charge is -2.19. The second-order valence-corrected chi connectivity index (χ2v) is 10.5. The number of aromatic nitrogens is 3. The van der Waals surface area contributed by atoms with Gasteiger partial charge in [-0.1, -0.05) is 39.0 Å². The number of nitrogens with zero attached hydrogens (tertiary/aromatic N) is 5. The van der Waals surface area contributed by atoms with E-state index < -0.39 is 5.91 Å². The molecule has 0 radical (unpaired) electrons. The van der Waals surface area contributed by atoms with Crippen LogP contribution in [0, 0.1) is 18.3 Å². The zero-order chi connectivity index (χ0) is 26.3. The molecule has 8 nitrogen and oxygen atoms in total. The van der Waals surface area contributed by atoms with E-state index in [1.54, 1.807) is 29.0 Å². The van der Waals surface area contributed by atoms with Crippen LogP contribution in [-0.2, 0) is 16.7 Å². The molecular formula is C29H29N5O3. The number of hydrogen-bond acceptors (Lipinski definition) is 5. The van der Waals surface area contributed by atoms with Crippen molar-refractivity contribution in [2.75, 3.05) is 6.61 Å². The Balaban J connectivity index is 1.77. The molecule has 3 aromatic heterocycles. The molecule has 1 amide bonds. The van der Waals surface area contributed by atoms with Crippen molar-refractivity contribution in [1.29, 1.82) is 5.26 Å². The summed E-state index contributed by atoms with van der Waals surface area (Å²) in [4.78, 5) is 36.0. The average molecular weight is 496 g/mol. The van der Waals surface area contributed by atoms with E-state index in [1.165, 1.54) is 10.5 Å². The van der Waals surface area contributed by atoms with Crippen LogP contribution >= 0.6 is 0 Å². The average Bonchev–Trinajstić information content (AvgIpc) is 3.39. The Morgan fingerprint density at radius 3 is 2.62 bits per heavy atom. The molecular weight excluding hydrogens is 466 g/mol. The van der Waals surface area contributed by atoms with Crippen molar-refractivity contribution < 1.29 is 9.53 Å². The van der Waals surface area contributed by atoms with Crippen molar-refractivity contribution in [3.8, 4) is 6.07 Å². The minimum absolute atomic E-state index is 0.0457. The fourth-order valence-corrected chi connectivity index (χ4v) is 4.73. The molecule has 4 heterocycles. The van der Waals surface area contributed by atoms with E-state index >= 15 is 0 Å². The summed E-state index contributed by atoms with van der Waals surface area (Å²) in [6, 6.07) is 14.7. The molecule has 5 rings (SSSR count). The summed E-state index contributed by atoms with van der Waals surface area (Å²) in [6.07, 6.45) is 3.29. The number of benzene rings is 1. The summed E-state index contributed by atoms with van der Waals surface area (Å²) < 4.78 is 9.06. The number of carbonyl (C=O) groups excluding carboxylic acids is 1. The van der Waals surface area contributed by atoms with Crippen LogP contribution in [0.4, 0.5) is 0 Å². The van der Waals surface area contributed by atoms with Gasteiger partial charge in [-0.3, -0.25) is 14.0 Å². The van der Waals surface area contributed by atoms with Gasteiger partial charge >= 0.3 is 0 Å². The summed E-state index contributed by atoms with van der Waals surface area (Å²) in [5.74, 6) is -0.467. The maximum absolute atomic E-state index is 13.4. The van der Waals surface area contributed by atoms with Gasteiger partial charge in [-0.15, -0.1) is 0 Å². The molecule has 1 aliphatic rings. The number of amides is 1. The Hall–Kier alpha value is -4.09. The number of pyridine rings is 2. The lowest BCUT2D eigenvalue weighted by molar-refractivity contribution is 0.0952. The Morgan fingerprint density at radius 2 is 1.97 bits per heavy atom. The van der Waals surface area contributed by atoms with Crippen LogP contribution in [0.15, 0.2) is 58.4 Å². The highest BCUT2D eigenvalue weighted by Gasteiger charge is 2.22. The fourth-order valence-electron chi connectivity index (χ4n) is 4.73. The Morgan fingerprint density at radius 1 is 1.22 bits per heavy atom. The molecule has 0 N–H and O–H groups in total. The zero-order valence-electron chi connectivity index (χ0n) is 21.5. The quantitative estimate of drug-likeness (QED) is 0.399. The summed E-state index contributed by atoms with van der Waals surface area (Å²) in [6.45, 7) is 9.18. The van der Waals surface area contributed by atoms with Crippen molar-refractivity contribution in [2.24, 2.45) is 4.99 Å². The molecule has 1 aliphatic heterocycles. The highest BCUT2D eigenvalue weighted by atomic mass is 16.5. The predicted molar refractivity (Wildman–Crippen MR) is 140 cm³/mol. The summed E-state index contributed by atoms with van der Waals surface area (Å²) in [7, 11) is 0. The van der Waals surface area contributed by atoms with E-state index in [-0.39, 0.29) is 28.1 Å². The third-order valence-electron chi connectivity index (χ3n) is 6.84. The smallest absolute Gasteiger partial charge is 0.278 e. The van der Waals surface area contributed by atoms with Crippen LogP contribution in [0.1, 0.15) is 60.7 Å². The fraction of sp³-hybridized carbons (Fsp3) is 0.345. The van der Waals surface area contributed by atoms with Crippen LogP contribution in [0.25, 0.3) is 16.7 Å². The molecule has 1 saturated heterocycles. The standard InChI is InChI=1S/C29H29N5O3/c1-18-7-5-13-33-24(18)31-26-23(28(33)36)15-20(16-30)25(34(26)17-22-8-6-14-37-22)32-27(35)19-9-11-21(12-10-19)29(2,3)4/h5,7,9-13,15,22H,6,8,14,17H2,1-4H3. The molecule has 1 fully saturated rings. The highest BCUT2D eigenvalue weighted by Crippen LogP contribution is 2.22. The first-order valence-electron chi connectivity index (χ1n) is 12.4. The topological polar surface area (TPSA) is 102 Å². The Kier molecular flexibility index (Phi) is 6.26. The Bertz CT molecular complexity index is 1690. The van der Waals surface area contributed by atoms with Gasteiger partial charge in [0.05, 0.1) is 23.6 Å². The lowest BCUT2D eigenvalue weighted by Crippen LogP contribution is -2.33. The Labute approximate surface area is 214 Å². The minimum Gasteiger partial charge on any atom is -0.376 e. The van der Waals surface area contributed by atoms with Crippen LogP contribution in [0.2, 0.25) is 0 Å². The largest absolute Gasteiger partial charge is 0.376 e. The molecule has 1 aromatic carbocycles. The maximum Gasteiger partial charge on any atom is 0.278 e. The van der Waals surface area contributed by atoms with Gasteiger partial charge in [0, 0.05) is 18.4 Å². The van der Waals surface area contributed by atoms with Crippen molar-refractivity contribution in [2.45, 2.75) is 58.6 Å². The molecule has 0 bridgehead atoms. The van der Waals surface area contributed by atoms with E-state index in [4.69, 9.17) is 9.72 Å². The first-order valence-corrected chi connectivity index (χ1v) is 12.4. The van der Waals surface area contributed by atoms with E-state index in [2.05, 4.69) is 31.8 Å². The molecule has 188 valence electrons. The number of nitriles is 1. The summed E-state index contributed by atoms with van der Waals surface area (Å²) >= 11 is 0. The van der Waals surface area contributed by atoms with Crippen LogP contribution < -0.4 is 11.0 Å². The van der Waals surface area contributed by atoms with Crippen LogP contribution in [0.3, 0.4) is 0 Å². The number of hydrogen-bond donors (Lipinski definition) is 0. The van der Waals surface area contributed by atoms with Crippen molar-refractivity contribution in [1.82, 2.24) is 14.0 Å². The van der Waals surface area contributed by atoms with Gasteiger partial charge in [0.1, 0.15) is 17.4 Å². The number of rotatable bonds is 3. The van der Waals surface area contributed by atoms with E-state index in [0.717, 1.165) is 24.0 Å². The predicted octanol–water partition coefficient (Wildman–Crippen LogP) is 4.05. The summed E-state index contributed by atoms with van der Waals surface area (Å²) in [5.41, 5.74) is 3.24. The molecule has 0 aliphatic carbocycles. The van der Waals surface area contributed by atoms with Crippen LogP contribution in [-0.4, -0.2) is 32.6 Å². The van der Waals surface area contributed by atoms with Gasteiger partial charge in [0.25, 0.3) is 11.5 Å². The maximum atomic E-state index is 13.4. The van der Waals surface area contributed by atoms with Crippen LogP contribution in [0.5, 0.6) is 0 Å². The van der Waals surface area contributed by atoms with E-state index in [0.29, 0.717) is 35.4 Å². The van der Waals surface area contributed by atoms with Gasteiger partial charge in [0.15, 0.2) is 5.49 Å². The van der Waals surface area contributed by atoms with Crippen molar-refractivity contribution in [3.05, 3.63) is 86.8 Å². The number of fused-ring (bicyclic) bond motifs is 2. The SMILES string of the molecule is Cc1cccn2c(=O)c3cc(C#N)c(=NC(=O)c4ccc(C(C)(C)C)cc4)n(CC4CCCO4)c3nc12. The zero-order valence-corrected chi connectivity index (χ0v) is 21.5. The summed E-state index contributed by atoms with van der Waals surface area (Å²) in [5, 5.41) is 10.3. The molecule has 4 aromatic rings. The molecule has 37 heavy (non-hydrogen) atoms. The van der Waals surface area contributed by atoms with E-state index in [1.807, 2.05) is 25.1 Å². The molecule has 0 saturated carbocycles. The van der Waals surface area contributed by atoms with Crippen molar-refractivity contribution in [3.63, 3.8) is 0 Å². The third-order valence-corrected chi connectivity index (χ3v) is 6.84.